The largest absolute Gasteiger partial charge is 0.396 e. The average molecular weight is 236 g/mol. The molecule has 0 aromatic heterocycles. The Labute approximate surface area is 99.8 Å². The maximum atomic E-state index is 13.8. The van der Waals surface area contributed by atoms with Crippen LogP contribution in [0.5, 0.6) is 0 Å². The van der Waals surface area contributed by atoms with Crippen molar-refractivity contribution in [2.75, 3.05) is 5.73 Å². The van der Waals surface area contributed by atoms with Gasteiger partial charge in [0.1, 0.15) is 0 Å². The second-order valence-corrected chi connectivity index (χ2v) is 5.59. The first-order valence-electron chi connectivity index (χ1n) is 6.00. The number of nitrogens with two attached hydrogens (primary N) is 1. The van der Waals surface area contributed by atoms with Gasteiger partial charge in [-0.15, -0.1) is 0 Å². The van der Waals surface area contributed by atoms with Crippen molar-refractivity contribution in [1.29, 1.82) is 0 Å². The molecule has 2 aliphatic heterocycles. The predicted octanol–water partition coefficient (Wildman–Crippen LogP) is 1.58. The van der Waals surface area contributed by atoms with E-state index in [0.29, 0.717) is 11.5 Å². The highest BCUT2D eigenvalue weighted by atomic mass is 19.1. The van der Waals surface area contributed by atoms with E-state index in [2.05, 4.69) is 12.2 Å². The number of halogens is 1. The van der Waals surface area contributed by atoms with Crippen LogP contribution < -0.4 is 11.1 Å². The Morgan fingerprint density at radius 3 is 2.82 bits per heavy atom. The number of benzene rings is 1. The quantitative estimate of drug-likeness (QED) is 0.683. The molecule has 2 atom stereocenters. The minimum Gasteiger partial charge on any atom is -0.396 e. The summed E-state index contributed by atoms with van der Waals surface area (Å²) in [5, 5.41) is 13.7. The lowest BCUT2D eigenvalue weighted by Gasteiger charge is -2.33. The van der Waals surface area contributed by atoms with E-state index in [0.717, 1.165) is 12.8 Å². The van der Waals surface area contributed by atoms with Crippen molar-refractivity contribution >= 4 is 5.69 Å². The zero-order chi connectivity index (χ0) is 12.2. The summed E-state index contributed by atoms with van der Waals surface area (Å²) in [7, 11) is 0. The molecule has 0 spiro atoms. The molecular formula is C13H17FN2O. The maximum absolute atomic E-state index is 13.8. The van der Waals surface area contributed by atoms with Crippen LogP contribution in [0.3, 0.4) is 0 Å². The van der Waals surface area contributed by atoms with Crippen LogP contribution in [0, 0.1) is 11.7 Å². The molecule has 0 unspecified atom stereocenters. The van der Waals surface area contributed by atoms with Crippen LogP contribution in [0.4, 0.5) is 10.1 Å². The van der Waals surface area contributed by atoms with E-state index in [9.17, 15) is 9.50 Å². The highest BCUT2D eigenvalue weighted by Crippen LogP contribution is 2.50. The molecule has 4 rings (SSSR count). The molecule has 2 saturated heterocycles. The van der Waals surface area contributed by atoms with E-state index in [1.54, 1.807) is 12.1 Å². The number of aliphatic hydroxyl groups is 1. The number of rotatable bonds is 2. The minimum atomic E-state index is -0.812. The lowest BCUT2D eigenvalue weighted by molar-refractivity contribution is 0.118. The van der Waals surface area contributed by atoms with Crippen LogP contribution in [0.1, 0.15) is 31.4 Å². The summed E-state index contributed by atoms with van der Waals surface area (Å²) in [5.74, 6) is -0.0353. The average Bonchev–Trinajstić information content (AvgIpc) is 2.74. The minimum absolute atomic E-state index is 0.0451. The Hall–Kier alpha value is -1.13. The van der Waals surface area contributed by atoms with Gasteiger partial charge in [0.05, 0.1) is 11.8 Å². The SMILES string of the molecule is CC12CC(C1)[C@H]([C@H](O)c1cccc(N)c1F)N2. The second-order valence-electron chi connectivity index (χ2n) is 5.59. The van der Waals surface area contributed by atoms with Crippen molar-refractivity contribution < 1.29 is 9.50 Å². The molecule has 2 bridgehead atoms. The smallest absolute Gasteiger partial charge is 0.151 e. The molecule has 1 aromatic carbocycles. The summed E-state index contributed by atoms with van der Waals surface area (Å²) < 4.78 is 13.8. The zero-order valence-electron chi connectivity index (χ0n) is 9.78. The number of hydrogen-bond donors (Lipinski definition) is 3. The van der Waals surface area contributed by atoms with E-state index in [1.807, 2.05) is 0 Å². The van der Waals surface area contributed by atoms with Crippen LogP contribution in [0.25, 0.3) is 0 Å². The van der Waals surface area contributed by atoms with Crippen molar-refractivity contribution in [2.24, 2.45) is 5.92 Å². The number of nitrogen functional groups attached to an aromatic ring is 1. The summed E-state index contributed by atoms with van der Waals surface area (Å²) in [4.78, 5) is 0. The van der Waals surface area contributed by atoms with E-state index in [-0.39, 0.29) is 17.3 Å². The maximum Gasteiger partial charge on any atom is 0.151 e. The summed E-state index contributed by atoms with van der Waals surface area (Å²) in [5.41, 5.74) is 6.07. The first kappa shape index (κ1) is 11.0. The van der Waals surface area contributed by atoms with Gasteiger partial charge >= 0.3 is 0 Å². The highest BCUT2D eigenvalue weighted by Gasteiger charge is 2.54. The monoisotopic (exact) mass is 236 g/mol. The van der Waals surface area contributed by atoms with Crippen molar-refractivity contribution in [3.05, 3.63) is 29.6 Å². The number of nitrogens with one attached hydrogen (secondary N) is 1. The fraction of sp³-hybridized carbons (Fsp3) is 0.538. The zero-order valence-corrected chi connectivity index (χ0v) is 9.78. The van der Waals surface area contributed by atoms with Crippen LogP contribution >= 0.6 is 0 Å². The first-order chi connectivity index (χ1) is 8.00. The normalized spacial score (nSPS) is 36.6. The molecule has 3 nitrogen and oxygen atoms in total. The molecule has 3 fully saturated rings. The third kappa shape index (κ3) is 1.55. The van der Waals surface area contributed by atoms with E-state index < -0.39 is 11.9 Å². The number of aliphatic hydroxyl groups excluding tert-OH is 1. The highest BCUT2D eigenvalue weighted by molar-refractivity contribution is 5.44. The molecule has 0 amide bonds. The van der Waals surface area contributed by atoms with Crippen molar-refractivity contribution in [3.8, 4) is 0 Å². The molecule has 4 heteroatoms. The van der Waals surface area contributed by atoms with E-state index in [4.69, 9.17) is 5.73 Å². The van der Waals surface area contributed by atoms with Gasteiger partial charge in [-0.25, -0.2) is 4.39 Å². The number of hydrogen-bond acceptors (Lipinski definition) is 3. The van der Waals surface area contributed by atoms with E-state index >= 15 is 0 Å². The Bertz CT molecular complexity index is 457. The van der Waals surface area contributed by atoms with Crippen LogP contribution in [-0.4, -0.2) is 16.7 Å². The number of fused-ring (bicyclic) bond motifs is 1. The molecule has 3 aliphatic rings. The first-order valence-corrected chi connectivity index (χ1v) is 6.00. The molecule has 2 heterocycles. The summed E-state index contributed by atoms with van der Waals surface area (Å²) in [6.45, 7) is 2.14. The van der Waals surface area contributed by atoms with Crippen molar-refractivity contribution in [2.45, 2.75) is 37.5 Å². The summed E-state index contributed by atoms with van der Waals surface area (Å²) in [6, 6.07) is 4.75. The fourth-order valence-electron chi connectivity index (χ4n) is 3.32. The Morgan fingerprint density at radius 2 is 2.24 bits per heavy atom. The van der Waals surface area contributed by atoms with Gasteiger partial charge in [-0.1, -0.05) is 12.1 Å². The third-order valence-electron chi connectivity index (χ3n) is 4.17. The predicted molar refractivity (Wildman–Crippen MR) is 63.8 cm³/mol. The topological polar surface area (TPSA) is 58.3 Å². The molecule has 1 saturated carbocycles. The summed E-state index contributed by atoms with van der Waals surface area (Å²) in [6.07, 6.45) is 1.32. The van der Waals surface area contributed by atoms with Crippen LogP contribution in [-0.2, 0) is 0 Å². The van der Waals surface area contributed by atoms with Gasteiger partial charge in [-0.3, -0.25) is 0 Å². The van der Waals surface area contributed by atoms with Crippen LogP contribution in [0.15, 0.2) is 18.2 Å². The summed E-state index contributed by atoms with van der Waals surface area (Å²) >= 11 is 0. The van der Waals surface area contributed by atoms with Gasteiger partial charge in [0, 0.05) is 17.1 Å². The van der Waals surface area contributed by atoms with Gasteiger partial charge in [-0.2, -0.15) is 0 Å². The molecular weight excluding hydrogens is 219 g/mol. The van der Waals surface area contributed by atoms with Gasteiger partial charge < -0.3 is 16.2 Å². The Morgan fingerprint density at radius 1 is 1.53 bits per heavy atom. The van der Waals surface area contributed by atoms with E-state index in [1.165, 1.54) is 6.07 Å². The van der Waals surface area contributed by atoms with Gasteiger partial charge in [0.2, 0.25) is 0 Å². The molecule has 92 valence electrons. The second kappa shape index (κ2) is 3.43. The standard InChI is InChI=1S/C13H17FN2O/c1-13-5-7(6-13)11(16-13)12(17)8-3-2-4-9(15)10(8)14/h2-4,7,11-12,16-17H,5-6,15H2,1H3/t7?,11-,12-,13?/m1/s1. The Kier molecular flexibility index (Phi) is 2.22. The van der Waals surface area contributed by atoms with Crippen LogP contribution in [0.2, 0.25) is 0 Å². The van der Waals surface area contributed by atoms with Gasteiger partial charge in [0.15, 0.2) is 5.82 Å². The lowest BCUT2D eigenvalue weighted by atomic mass is 9.72. The molecule has 1 aromatic rings. The van der Waals surface area contributed by atoms with Gasteiger partial charge in [-0.05, 0) is 31.7 Å². The Balaban J connectivity index is 1.87. The molecule has 0 radical (unpaired) electrons. The van der Waals surface area contributed by atoms with Crippen molar-refractivity contribution in [3.63, 3.8) is 0 Å². The molecule has 4 N–H and O–H groups in total. The number of anilines is 1. The molecule has 1 aliphatic carbocycles. The van der Waals surface area contributed by atoms with Crippen molar-refractivity contribution in [1.82, 2.24) is 5.32 Å². The lowest BCUT2D eigenvalue weighted by Crippen LogP contribution is -2.40. The molecule has 17 heavy (non-hydrogen) atoms. The third-order valence-corrected chi connectivity index (χ3v) is 4.17. The fourth-order valence-corrected chi connectivity index (χ4v) is 3.32. The van der Waals surface area contributed by atoms with Gasteiger partial charge in [0.25, 0.3) is 0 Å².